The van der Waals surface area contributed by atoms with Crippen LogP contribution in [-0.4, -0.2) is 31.6 Å². The molecular weight excluding hydrogens is 254 g/mol. The van der Waals surface area contributed by atoms with Crippen LogP contribution < -0.4 is 4.74 Å². The summed E-state index contributed by atoms with van der Waals surface area (Å²) in [6.45, 7) is 2.74. The summed E-state index contributed by atoms with van der Waals surface area (Å²) in [4.78, 5) is 8.39. The van der Waals surface area contributed by atoms with Crippen LogP contribution in [0.1, 0.15) is 19.8 Å². The molecule has 0 aliphatic rings. The van der Waals surface area contributed by atoms with Gasteiger partial charge in [-0.1, -0.05) is 36.8 Å². The second-order valence-electron chi connectivity index (χ2n) is 4.39. The van der Waals surface area contributed by atoms with E-state index in [0.29, 0.717) is 23.7 Å². The van der Waals surface area contributed by atoms with E-state index >= 15 is 0 Å². The largest absolute Gasteiger partial charge is 0.476 e. The summed E-state index contributed by atoms with van der Waals surface area (Å²) in [7, 11) is 0. The third-order valence-corrected chi connectivity index (χ3v) is 2.94. The summed E-state index contributed by atoms with van der Waals surface area (Å²) in [6.07, 6.45) is 3.54. The third-order valence-electron chi connectivity index (χ3n) is 2.94. The number of rotatable bonds is 5. The van der Waals surface area contributed by atoms with Crippen molar-refractivity contribution in [1.29, 1.82) is 0 Å². The van der Waals surface area contributed by atoms with Gasteiger partial charge in [-0.05, 0) is 18.6 Å². The molecule has 102 valence electrons. The van der Waals surface area contributed by atoms with E-state index in [0.717, 1.165) is 18.5 Å². The van der Waals surface area contributed by atoms with E-state index in [1.807, 2.05) is 30.3 Å². The number of nitrogens with zero attached hydrogens (tertiary/aromatic N) is 5. The van der Waals surface area contributed by atoms with Gasteiger partial charge in [-0.15, -0.1) is 5.10 Å². The monoisotopic (exact) mass is 269 g/mol. The number of hydrogen-bond donors (Lipinski definition) is 0. The van der Waals surface area contributed by atoms with Crippen LogP contribution in [0, 0.1) is 0 Å². The summed E-state index contributed by atoms with van der Waals surface area (Å²) in [6, 6.07) is 9.75. The van der Waals surface area contributed by atoms with Crippen molar-refractivity contribution in [1.82, 2.24) is 25.0 Å². The number of ether oxygens (including phenoxy) is 1. The van der Waals surface area contributed by atoms with Crippen molar-refractivity contribution in [2.45, 2.75) is 19.8 Å². The summed E-state index contributed by atoms with van der Waals surface area (Å²) < 4.78 is 7.33. The lowest BCUT2D eigenvalue weighted by Crippen LogP contribution is -2.01. The molecule has 6 nitrogen and oxygen atoms in total. The molecule has 0 spiro atoms. The van der Waals surface area contributed by atoms with Gasteiger partial charge in [-0.25, -0.2) is 4.98 Å². The van der Waals surface area contributed by atoms with Gasteiger partial charge < -0.3 is 4.74 Å². The highest BCUT2D eigenvalue weighted by atomic mass is 16.5. The van der Waals surface area contributed by atoms with Gasteiger partial charge in [0.1, 0.15) is 6.33 Å². The fraction of sp³-hybridized carbons (Fsp3) is 0.286. The number of para-hydroxylation sites is 1. The van der Waals surface area contributed by atoms with Crippen molar-refractivity contribution in [3.63, 3.8) is 0 Å². The Labute approximate surface area is 116 Å². The van der Waals surface area contributed by atoms with E-state index in [2.05, 4.69) is 27.2 Å². The molecule has 0 atom stereocenters. The molecule has 0 radical (unpaired) electrons. The van der Waals surface area contributed by atoms with Crippen molar-refractivity contribution in [3.8, 4) is 11.6 Å². The van der Waals surface area contributed by atoms with Gasteiger partial charge in [0.15, 0.2) is 11.2 Å². The van der Waals surface area contributed by atoms with E-state index < -0.39 is 0 Å². The third kappa shape index (κ3) is 2.32. The Morgan fingerprint density at radius 3 is 2.80 bits per heavy atom. The highest BCUT2D eigenvalue weighted by Gasteiger charge is 2.13. The molecule has 3 aromatic rings. The predicted octanol–water partition coefficient (Wildman–Crippen LogP) is 2.39. The van der Waals surface area contributed by atoms with Crippen LogP contribution in [0.4, 0.5) is 0 Å². The van der Waals surface area contributed by atoms with Crippen LogP contribution in [-0.2, 0) is 0 Å². The molecule has 1 aromatic carbocycles. The van der Waals surface area contributed by atoms with Crippen molar-refractivity contribution in [2.24, 2.45) is 0 Å². The molecule has 0 bridgehead atoms. The number of benzene rings is 1. The molecule has 0 unspecified atom stereocenters. The van der Waals surface area contributed by atoms with Gasteiger partial charge in [-0.2, -0.15) is 9.67 Å². The molecule has 0 fully saturated rings. The van der Waals surface area contributed by atoms with Gasteiger partial charge in [0, 0.05) is 0 Å². The summed E-state index contributed by atoms with van der Waals surface area (Å²) in [5.74, 6) is 0.491. The Hall–Kier alpha value is -2.50. The van der Waals surface area contributed by atoms with Crippen molar-refractivity contribution >= 4 is 11.2 Å². The first-order valence-corrected chi connectivity index (χ1v) is 6.65. The maximum Gasteiger partial charge on any atom is 0.247 e. The van der Waals surface area contributed by atoms with E-state index in [1.165, 1.54) is 6.33 Å². The zero-order valence-corrected chi connectivity index (χ0v) is 11.2. The van der Waals surface area contributed by atoms with Gasteiger partial charge in [0.05, 0.1) is 12.3 Å². The van der Waals surface area contributed by atoms with Crippen molar-refractivity contribution in [3.05, 3.63) is 36.7 Å². The first kappa shape index (κ1) is 12.5. The number of aromatic nitrogens is 5. The highest BCUT2D eigenvalue weighted by Crippen LogP contribution is 2.20. The van der Waals surface area contributed by atoms with E-state index in [9.17, 15) is 0 Å². The quantitative estimate of drug-likeness (QED) is 0.665. The van der Waals surface area contributed by atoms with Gasteiger partial charge in [0.25, 0.3) is 0 Å². The molecule has 0 aliphatic carbocycles. The average molecular weight is 269 g/mol. The zero-order valence-electron chi connectivity index (χ0n) is 11.2. The zero-order chi connectivity index (χ0) is 13.8. The van der Waals surface area contributed by atoms with Crippen LogP contribution in [0.5, 0.6) is 5.88 Å². The second-order valence-corrected chi connectivity index (χ2v) is 4.39. The number of unbranched alkanes of at least 4 members (excludes halogenated alkanes) is 1. The van der Waals surface area contributed by atoms with E-state index in [1.54, 1.807) is 4.68 Å². The van der Waals surface area contributed by atoms with E-state index in [-0.39, 0.29) is 0 Å². The molecule has 6 heteroatoms. The summed E-state index contributed by atoms with van der Waals surface area (Å²) in [5, 5.41) is 8.28. The molecule has 2 aromatic heterocycles. The van der Waals surface area contributed by atoms with Crippen LogP contribution in [0.2, 0.25) is 0 Å². The minimum atomic E-state index is 0.491. The maximum atomic E-state index is 5.64. The fourth-order valence-electron chi connectivity index (χ4n) is 1.89. The Morgan fingerprint density at radius 2 is 2.00 bits per heavy atom. The molecule has 20 heavy (non-hydrogen) atoms. The lowest BCUT2D eigenvalue weighted by atomic mass is 10.3. The molecule has 0 saturated carbocycles. The van der Waals surface area contributed by atoms with Gasteiger partial charge >= 0.3 is 0 Å². The number of fused-ring (bicyclic) bond motifs is 1. The predicted molar refractivity (Wildman–Crippen MR) is 74.9 cm³/mol. The SMILES string of the molecule is CCCCOc1ncnc2c1nnn2-c1ccccc1. The average Bonchev–Trinajstić information content (AvgIpc) is 2.93. The highest BCUT2D eigenvalue weighted by molar-refractivity contribution is 5.76. The normalized spacial score (nSPS) is 10.8. The topological polar surface area (TPSA) is 65.7 Å². The Morgan fingerprint density at radius 1 is 1.15 bits per heavy atom. The van der Waals surface area contributed by atoms with Crippen LogP contribution in [0.15, 0.2) is 36.7 Å². The molecule has 3 rings (SSSR count). The lowest BCUT2D eigenvalue weighted by molar-refractivity contribution is 0.300. The molecule has 2 heterocycles. The molecule has 0 amide bonds. The lowest BCUT2D eigenvalue weighted by Gasteiger charge is -2.04. The first-order valence-electron chi connectivity index (χ1n) is 6.65. The summed E-state index contributed by atoms with van der Waals surface area (Å²) >= 11 is 0. The molecule has 0 N–H and O–H groups in total. The van der Waals surface area contributed by atoms with Crippen molar-refractivity contribution in [2.75, 3.05) is 6.61 Å². The van der Waals surface area contributed by atoms with Crippen LogP contribution in [0.3, 0.4) is 0 Å². The molecule has 0 saturated heterocycles. The Bertz CT molecular complexity index is 695. The maximum absolute atomic E-state index is 5.64. The smallest absolute Gasteiger partial charge is 0.247 e. The first-order chi connectivity index (χ1) is 9.90. The minimum Gasteiger partial charge on any atom is -0.476 e. The van der Waals surface area contributed by atoms with Crippen molar-refractivity contribution < 1.29 is 4.74 Å². The molecule has 0 aliphatic heterocycles. The number of hydrogen-bond acceptors (Lipinski definition) is 5. The fourth-order valence-corrected chi connectivity index (χ4v) is 1.89. The standard InChI is InChI=1S/C14H15N5O/c1-2-3-9-20-14-12-13(15-10-16-14)19(18-17-12)11-7-5-4-6-8-11/h4-8,10H,2-3,9H2,1H3. The molecular formula is C14H15N5O. The van der Waals surface area contributed by atoms with Crippen LogP contribution in [0.25, 0.3) is 16.9 Å². The minimum absolute atomic E-state index is 0.491. The Balaban J connectivity index is 1.99. The van der Waals surface area contributed by atoms with Gasteiger partial charge in [-0.3, -0.25) is 0 Å². The van der Waals surface area contributed by atoms with E-state index in [4.69, 9.17) is 4.74 Å². The second kappa shape index (κ2) is 5.64. The van der Waals surface area contributed by atoms with Crippen LogP contribution >= 0.6 is 0 Å². The van der Waals surface area contributed by atoms with Gasteiger partial charge in [0.2, 0.25) is 5.88 Å². The Kier molecular flexibility index (Phi) is 3.54. The summed E-state index contributed by atoms with van der Waals surface area (Å²) in [5.41, 5.74) is 2.15.